The van der Waals surface area contributed by atoms with Gasteiger partial charge in [-0.2, -0.15) is 0 Å². The third-order valence-corrected chi connectivity index (χ3v) is 2.86. The summed E-state index contributed by atoms with van der Waals surface area (Å²) in [5.41, 5.74) is 0.773. The molecular weight excluding hydrogens is 250 g/mol. The van der Waals surface area contributed by atoms with E-state index in [1.165, 1.54) is 23.7 Å². The Kier molecular flexibility index (Phi) is 3.37. The quantitative estimate of drug-likeness (QED) is 0.731. The van der Waals surface area contributed by atoms with E-state index in [4.69, 9.17) is 5.11 Å². The first-order valence-corrected chi connectivity index (χ1v) is 5.69. The van der Waals surface area contributed by atoms with E-state index in [-0.39, 0.29) is 30.1 Å². The fourth-order valence-electron chi connectivity index (χ4n) is 1.86. The minimum absolute atomic E-state index is 0.104. The fourth-order valence-corrected chi connectivity index (χ4v) is 1.86. The number of H-pyrrole nitrogens is 1. The van der Waals surface area contributed by atoms with Gasteiger partial charge in [-0.1, -0.05) is 0 Å². The van der Waals surface area contributed by atoms with Crippen LogP contribution in [0, 0.1) is 0 Å². The van der Waals surface area contributed by atoms with Crippen LogP contribution in [0.1, 0.15) is 16.8 Å². The number of aryl methyl sites for hydroxylation is 1. The maximum atomic E-state index is 11.7. The Morgan fingerprint density at radius 2 is 2.16 bits per heavy atom. The van der Waals surface area contributed by atoms with Crippen molar-refractivity contribution in [3.05, 3.63) is 34.2 Å². The number of rotatable bonds is 4. The van der Waals surface area contributed by atoms with Crippen LogP contribution in [-0.2, 0) is 11.3 Å². The molecular formula is C12H13N3O4. The van der Waals surface area contributed by atoms with E-state index in [1.54, 1.807) is 6.07 Å². The molecule has 1 heterocycles. The predicted molar refractivity (Wildman–Crippen MR) is 68.2 cm³/mol. The van der Waals surface area contributed by atoms with Crippen LogP contribution in [-0.4, -0.2) is 33.6 Å². The first kappa shape index (κ1) is 12.9. The van der Waals surface area contributed by atoms with Gasteiger partial charge in [0, 0.05) is 20.0 Å². The first-order valence-electron chi connectivity index (χ1n) is 5.69. The molecule has 0 fully saturated rings. The molecule has 0 aliphatic rings. The highest BCUT2D eigenvalue weighted by molar-refractivity contribution is 5.92. The molecule has 0 bridgehead atoms. The SMILES string of the molecule is CNC(=O)CCn1c(=O)[nH]c2cc(C(=O)O)ccc21. The summed E-state index contributed by atoms with van der Waals surface area (Å²) in [5.74, 6) is -1.22. The zero-order valence-electron chi connectivity index (χ0n) is 10.3. The highest BCUT2D eigenvalue weighted by Crippen LogP contribution is 2.13. The zero-order chi connectivity index (χ0) is 14.0. The molecule has 2 aromatic rings. The van der Waals surface area contributed by atoms with Gasteiger partial charge in [0.05, 0.1) is 16.6 Å². The second-order valence-corrected chi connectivity index (χ2v) is 4.04. The lowest BCUT2D eigenvalue weighted by molar-refractivity contribution is -0.120. The average molecular weight is 263 g/mol. The lowest BCUT2D eigenvalue weighted by Crippen LogP contribution is -2.23. The molecule has 100 valence electrons. The van der Waals surface area contributed by atoms with E-state index in [0.29, 0.717) is 11.0 Å². The molecule has 0 unspecified atom stereocenters. The van der Waals surface area contributed by atoms with Crippen molar-refractivity contribution in [2.24, 2.45) is 0 Å². The number of carbonyl (C=O) groups is 2. The second kappa shape index (κ2) is 4.97. The molecule has 1 amide bonds. The maximum absolute atomic E-state index is 11.7. The number of carboxylic acid groups (broad SMARTS) is 1. The van der Waals surface area contributed by atoms with Gasteiger partial charge >= 0.3 is 11.7 Å². The minimum Gasteiger partial charge on any atom is -0.478 e. The Balaban J connectivity index is 2.39. The Morgan fingerprint density at radius 3 is 2.79 bits per heavy atom. The van der Waals surface area contributed by atoms with Gasteiger partial charge in [0.2, 0.25) is 5.91 Å². The number of imidazole rings is 1. The predicted octanol–water partition coefficient (Wildman–Crippen LogP) is 0.164. The van der Waals surface area contributed by atoms with Crippen LogP contribution in [0.2, 0.25) is 0 Å². The average Bonchev–Trinajstić information content (AvgIpc) is 2.70. The van der Waals surface area contributed by atoms with E-state index in [9.17, 15) is 14.4 Å². The molecule has 0 aliphatic heterocycles. The summed E-state index contributed by atoms with van der Waals surface area (Å²) in [6.45, 7) is 0.241. The summed E-state index contributed by atoms with van der Waals surface area (Å²) >= 11 is 0. The number of carboxylic acids is 1. The van der Waals surface area contributed by atoms with Gasteiger partial charge in [0.15, 0.2) is 0 Å². The molecule has 0 atom stereocenters. The molecule has 0 saturated heterocycles. The first-order chi connectivity index (χ1) is 9.02. The third kappa shape index (κ3) is 2.49. The van der Waals surface area contributed by atoms with Crippen molar-refractivity contribution in [2.75, 3.05) is 7.05 Å². The number of benzene rings is 1. The number of nitrogens with zero attached hydrogens (tertiary/aromatic N) is 1. The van der Waals surface area contributed by atoms with Crippen LogP contribution >= 0.6 is 0 Å². The molecule has 2 rings (SSSR count). The summed E-state index contributed by atoms with van der Waals surface area (Å²) in [6.07, 6.45) is 0.185. The number of carbonyl (C=O) groups excluding carboxylic acids is 1. The topological polar surface area (TPSA) is 104 Å². The zero-order valence-corrected chi connectivity index (χ0v) is 10.3. The van der Waals surface area contributed by atoms with Crippen molar-refractivity contribution < 1.29 is 14.7 Å². The third-order valence-electron chi connectivity index (χ3n) is 2.86. The molecule has 0 saturated carbocycles. The molecule has 7 heteroatoms. The standard InChI is InChI=1S/C12H13N3O4/c1-13-10(16)4-5-15-9-3-2-7(11(17)18)6-8(9)14-12(15)19/h2-3,6H,4-5H2,1H3,(H,13,16)(H,14,19)(H,17,18). The number of aromatic amines is 1. The Hall–Kier alpha value is -2.57. The van der Waals surface area contributed by atoms with Gasteiger partial charge in [0.25, 0.3) is 0 Å². The number of nitrogens with one attached hydrogen (secondary N) is 2. The van der Waals surface area contributed by atoms with Crippen LogP contribution < -0.4 is 11.0 Å². The largest absolute Gasteiger partial charge is 0.478 e. The Morgan fingerprint density at radius 1 is 1.42 bits per heavy atom. The summed E-state index contributed by atoms with van der Waals surface area (Å²) < 4.78 is 1.41. The number of fused-ring (bicyclic) bond motifs is 1. The van der Waals surface area contributed by atoms with Gasteiger partial charge in [-0.3, -0.25) is 9.36 Å². The van der Waals surface area contributed by atoms with Gasteiger partial charge < -0.3 is 15.4 Å². The van der Waals surface area contributed by atoms with Crippen molar-refractivity contribution in [2.45, 2.75) is 13.0 Å². The Labute approximate surface area is 107 Å². The van der Waals surface area contributed by atoms with Crippen LogP contribution in [0.4, 0.5) is 0 Å². The van der Waals surface area contributed by atoms with Crippen LogP contribution in [0.3, 0.4) is 0 Å². The van der Waals surface area contributed by atoms with Crippen molar-refractivity contribution in [3.8, 4) is 0 Å². The van der Waals surface area contributed by atoms with Crippen molar-refractivity contribution in [1.29, 1.82) is 0 Å². The van der Waals surface area contributed by atoms with Crippen LogP contribution in [0.25, 0.3) is 11.0 Å². The van der Waals surface area contributed by atoms with Crippen molar-refractivity contribution >= 4 is 22.9 Å². The van der Waals surface area contributed by atoms with E-state index in [2.05, 4.69) is 10.3 Å². The molecule has 7 nitrogen and oxygen atoms in total. The molecule has 3 N–H and O–H groups in total. The smallest absolute Gasteiger partial charge is 0.335 e. The fraction of sp³-hybridized carbons (Fsp3) is 0.250. The minimum atomic E-state index is -1.05. The molecule has 1 aromatic heterocycles. The van der Waals surface area contributed by atoms with Gasteiger partial charge in [-0.15, -0.1) is 0 Å². The van der Waals surface area contributed by atoms with Gasteiger partial charge in [-0.25, -0.2) is 9.59 Å². The van der Waals surface area contributed by atoms with Gasteiger partial charge in [-0.05, 0) is 18.2 Å². The number of hydrogen-bond acceptors (Lipinski definition) is 3. The van der Waals surface area contributed by atoms with Crippen LogP contribution in [0.15, 0.2) is 23.0 Å². The molecule has 0 radical (unpaired) electrons. The highest BCUT2D eigenvalue weighted by atomic mass is 16.4. The van der Waals surface area contributed by atoms with E-state index >= 15 is 0 Å². The monoisotopic (exact) mass is 263 g/mol. The Bertz CT molecular complexity index is 699. The van der Waals surface area contributed by atoms with Crippen molar-refractivity contribution in [1.82, 2.24) is 14.9 Å². The number of aromatic nitrogens is 2. The summed E-state index contributed by atoms with van der Waals surface area (Å²) in [6, 6.07) is 4.38. The summed E-state index contributed by atoms with van der Waals surface area (Å²) in [4.78, 5) is 36.3. The molecule has 1 aromatic carbocycles. The normalized spacial score (nSPS) is 10.6. The lowest BCUT2D eigenvalue weighted by atomic mass is 10.2. The van der Waals surface area contributed by atoms with E-state index in [1.807, 2.05) is 0 Å². The lowest BCUT2D eigenvalue weighted by Gasteiger charge is -2.02. The molecule has 0 aliphatic carbocycles. The van der Waals surface area contributed by atoms with Crippen molar-refractivity contribution in [3.63, 3.8) is 0 Å². The number of hydrogen-bond donors (Lipinski definition) is 3. The maximum Gasteiger partial charge on any atom is 0.335 e. The number of aromatic carboxylic acids is 1. The molecule has 19 heavy (non-hydrogen) atoms. The van der Waals surface area contributed by atoms with E-state index in [0.717, 1.165) is 0 Å². The number of amides is 1. The van der Waals surface area contributed by atoms with Gasteiger partial charge in [0.1, 0.15) is 0 Å². The highest BCUT2D eigenvalue weighted by Gasteiger charge is 2.10. The summed E-state index contributed by atoms with van der Waals surface area (Å²) in [7, 11) is 1.53. The second-order valence-electron chi connectivity index (χ2n) is 4.04. The summed E-state index contributed by atoms with van der Waals surface area (Å²) in [5, 5.41) is 11.4. The van der Waals surface area contributed by atoms with E-state index < -0.39 is 5.97 Å². The molecule has 0 spiro atoms. The van der Waals surface area contributed by atoms with Crippen LogP contribution in [0.5, 0.6) is 0 Å².